The van der Waals surface area contributed by atoms with Crippen LogP contribution in [0.1, 0.15) is 47.6 Å². The summed E-state index contributed by atoms with van der Waals surface area (Å²) in [5, 5.41) is 7.80. The highest BCUT2D eigenvalue weighted by Gasteiger charge is 2.28. The molecule has 168 valence electrons. The molecule has 1 amide bonds. The van der Waals surface area contributed by atoms with Crippen LogP contribution < -0.4 is 10.3 Å². The molecule has 3 aromatic rings. The van der Waals surface area contributed by atoms with Gasteiger partial charge in [0, 0.05) is 49.1 Å². The lowest BCUT2D eigenvalue weighted by Crippen LogP contribution is -2.40. The van der Waals surface area contributed by atoms with Crippen molar-refractivity contribution in [3.8, 4) is 5.88 Å². The van der Waals surface area contributed by atoms with E-state index >= 15 is 0 Å². The highest BCUT2D eigenvalue weighted by atomic mass is 16.5. The molecule has 1 fully saturated rings. The summed E-state index contributed by atoms with van der Waals surface area (Å²) >= 11 is 0. The Morgan fingerprint density at radius 3 is 2.62 bits per heavy atom. The summed E-state index contributed by atoms with van der Waals surface area (Å²) in [6.07, 6.45) is 4.86. The quantitative estimate of drug-likeness (QED) is 0.568. The first-order valence-corrected chi connectivity index (χ1v) is 10.9. The fraction of sp³-hybridized carbons (Fsp3) is 0.435. The molecule has 3 aromatic heterocycles. The largest absolute Gasteiger partial charge is 0.480 e. The standard InChI is InChI=1S/C23H27N5O4/c1-15-6-8-19-23(31)24-17(14-28(15)19)4-3-5-21(29)27-12-10-16(11-13-27)22(30)18-7-9-20(32-2)26-25-18/h6-9,14,16H,3-5,10-13H2,1-2H3,(H,24,31). The molecule has 0 radical (unpaired) electrons. The number of Topliss-reactive ketones (excluding diaryl/α,β-unsaturated/α-hetero) is 1. The number of H-pyrrole nitrogens is 1. The molecule has 0 spiro atoms. The number of aromatic nitrogens is 4. The van der Waals surface area contributed by atoms with E-state index in [0.717, 1.165) is 11.4 Å². The van der Waals surface area contributed by atoms with Gasteiger partial charge in [-0.2, -0.15) is 0 Å². The molecule has 32 heavy (non-hydrogen) atoms. The number of hydrogen-bond acceptors (Lipinski definition) is 6. The first-order valence-electron chi connectivity index (χ1n) is 10.9. The lowest BCUT2D eigenvalue weighted by molar-refractivity contribution is -0.132. The number of nitrogens with zero attached hydrogens (tertiary/aromatic N) is 4. The second-order valence-corrected chi connectivity index (χ2v) is 8.17. The molecule has 9 nitrogen and oxygen atoms in total. The third-order valence-electron chi connectivity index (χ3n) is 6.07. The van der Waals surface area contributed by atoms with Crippen molar-refractivity contribution in [2.45, 2.75) is 39.0 Å². The predicted octanol–water partition coefficient (Wildman–Crippen LogP) is 2.18. The molecule has 1 N–H and O–H groups in total. The maximum absolute atomic E-state index is 12.7. The van der Waals surface area contributed by atoms with Crippen LogP contribution in [0, 0.1) is 12.8 Å². The Hall–Kier alpha value is -3.49. The van der Waals surface area contributed by atoms with Crippen molar-refractivity contribution in [1.29, 1.82) is 0 Å². The molecule has 1 saturated heterocycles. The Morgan fingerprint density at radius 2 is 1.94 bits per heavy atom. The number of piperidine rings is 1. The van der Waals surface area contributed by atoms with E-state index in [2.05, 4.69) is 15.2 Å². The predicted molar refractivity (Wildman–Crippen MR) is 118 cm³/mol. The van der Waals surface area contributed by atoms with Crippen molar-refractivity contribution in [3.05, 3.63) is 57.9 Å². The number of carbonyl (C=O) groups is 2. The summed E-state index contributed by atoms with van der Waals surface area (Å²) in [5.41, 5.74) is 2.66. The second-order valence-electron chi connectivity index (χ2n) is 8.17. The van der Waals surface area contributed by atoms with Crippen molar-refractivity contribution < 1.29 is 14.3 Å². The number of rotatable bonds is 7. The summed E-state index contributed by atoms with van der Waals surface area (Å²) in [7, 11) is 1.50. The first-order chi connectivity index (χ1) is 15.5. The molecule has 4 rings (SSSR count). The van der Waals surface area contributed by atoms with Gasteiger partial charge in [0.25, 0.3) is 5.56 Å². The SMILES string of the molecule is COc1ccc(C(=O)C2CCN(C(=O)CCCc3cn4c(C)ccc4c(=O)[nH]3)CC2)nn1. The van der Waals surface area contributed by atoms with Crippen molar-refractivity contribution in [1.82, 2.24) is 24.5 Å². The summed E-state index contributed by atoms with van der Waals surface area (Å²) in [6, 6.07) is 6.97. The van der Waals surface area contributed by atoms with Crippen molar-refractivity contribution in [2.24, 2.45) is 5.92 Å². The number of methoxy groups -OCH3 is 1. The number of carbonyl (C=O) groups excluding carboxylic acids is 2. The van der Waals surface area contributed by atoms with E-state index in [4.69, 9.17) is 4.74 Å². The molecular formula is C23H27N5O4. The van der Waals surface area contributed by atoms with Crippen LogP contribution in [0.15, 0.2) is 35.3 Å². The van der Waals surface area contributed by atoms with Crippen LogP contribution in [0.5, 0.6) is 5.88 Å². The van der Waals surface area contributed by atoms with Crippen molar-refractivity contribution in [3.63, 3.8) is 0 Å². The number of aromatic amines is 1. The minimum atomic E-state index is -0.150. The van der Waals surface area contributed by atoms with Gasteiger partial charge in [-0.15, -0.1) is 10.2 Å². The Labute approximate surface area is 185 Å². The number of aryl methyl sites for hydroxylation is 2. The Balaban J connectivity index is 1.26. The van der Waals surface area contributed by atoms with E-state index in [1.807, 2.05) is 28.5 Å². The van der Waals surface area contributed by atoms with Gasteiger partial charge < -0.3 is 19.0 Å². The molecule has 0 unspecified atom stereocenters. The maximum Gasteiger partial charge on any atom is 0.272 e. The minimum Gasteiger partial charge on any atom is -0.480 e. The molecule has 9 heteroatoms. The molecule has 0 atom stereocenters. The van der Waals surface area contributed by atoms with Gasteiger partial charge in [0.2, 0.25) is 11.8 Å². The van der Waals surface area contributed by atoms with Gasteiger partial charge in [0.15, 0.2) is 5.78 Å². The van der Waals surface area contributed by atoms with Crippen LogP contribution in [0.4, 0.5) is 0 Å². The summed E-state index contributed by atoms with van der Waals surface area (Å²) in [6.45, 7) is 3.07. The molecule has 0 aromatic carbocycles. The van der Waals surface area contributed by atoms with Gasteiger partial charge in [-0.3, -0.25) is 14.4 Å². The monoisotopic (exact) mass is 437 g/mol. The van der Waals surface area contributed by atoms with Gasteiger partial charge >= 0.3 is 0 Å². The van der Waals surface area contributed by atoms with Gasteiger partial charge in [-0.05, 0) is 50.8 Å². The van der Waals surface area contributed by atoms with Gasteiger partial charge in [0.1, 0.15) is 11.2 Å². The van der Waals surface area contributed by atoms with Crippen LogP contribution in [0.3, 0.4) is 0 Å². The van der Waals surface area contributed by atoms with E-state index < -0.39 is 0 Å². The molecule has 0 aliphatic carbocycles. The van der Waals surface area contributed by atoms with E-state index in [9.17, 15) is 14.4 Å². The van der Waals surface area contributed by atoms with Crippen LogP contribution in [-0.2, 0) is 11.2 Å². The van der Waals surface area contributed by atoms with Crippen LogP contribution >= 0.6 is 0 Å². The van der Waals surface area contributed by atoms with Crippen LogP contribution in [-0.4, -0.2) is 56.4 Å². The molecule has 0 bridgehead atoms. The highest BCUT2D eigenvalue weighted by molar-refractivity contribution is 5.96. The number of amides is 1. The zero-order valence-corrected chi connectivity index (χ0v) is 18.3. The topological polar surface area (TPSA) is 110 Å². The van der Waals surface area contributed by atoms with Crippen LogP contribution in [0.2, 0.25) is 0 Å². The lowest BCUT2D eigenvalue weighted by Gasteiger charge is -2.31. The number of likely N-dealkylation sites (tertiary alicyclic amines) is 1. The molecule has 1 aliphatic rings. The average Bonchev–Trinajstić information content (AvgIpc) is 3.20. The molecular weight excluding hydrogens is 410 g/mol. The Morgan fingerprint density at radius 1 is 1.16 bits per heavy atom. The second kappa shape index (κ2) is 9.33. The highest BCUT2D eigenvalue weighted by Crippen LogP contribution is 2.22. The minimum absolute atomic E-state index is 0.0353. The molecule has 0 saturated carbocycles. The number of ketones is 1. The zero-order valence-electron chi connectivity index (χ0n) is 18.3. The molecule has 1 aliphatic heterocycles. The number of fused-ring (bicyclic) bond motifs is 1. The fourth-order valence-electron chi connectivity index (χ4n) is 4.18. The third-order valence-corrected chi connectivity index (χ3v) is 6.07. The first kappa shape index (κ1) is 21.7. The maximum atomic E-state index is 12.7. The normalized spacial score (nSPS) is 14.6. The van der Waals surface area contributed by atoms with E-state index in [0.29, 0.717) is 62.3 Å². The Kier molecular flexibility index (Phi) is 6.34. The van der Waals surface area contributed by atoms with Gasteiger partial charge in [-0.1, -0.05) is 0 Å². The van der Waals surface area contributed by atoms with E-state index in [1.54, 1.807) is 18.2 Å². The van der Waals surface area contributed by atoms with Gasteiger partial charge in [-0.25, -0.2) is 0 Å². The number of nitrogens with one attached hydrogen (secondary N) is 1. The number of hydrogen-bond donors (Lipinski definition) is 1. The van der Waals surface area contributed by atoms with Crippen LogP contribution in [0.25, 0.3) is 5.52 Å². The summed E-state index contributed by atoms with van der Waals surface area (Å²) in [4.78, 5) is 42.2. The van der Waals surface area contributed by atoms with Crippen molar-refractivity contribution >= 4 is 17.2 Å². The average molecular weight is 438 g/mol. The summed E-state index contributed by atoms with van der Waals surface area (Å²) in [5.74, 6) is 0.269. The van der Waals surface area contributed by atoms with Gasteiger partial charge in [0.05, 0.1) is 7.11 Å². The van der Waals surface area contributed by atoms with E-state index in [1.165, 1.54) is 7.11 Å². The fourth-order valence-corrected chi connectivity index (χ4v) is 4.18. The summed E-state index contributed by atoms with van der Waals surface area (Å²) < 4.78 is 6.85. The number of ether oxygens (including phenoxy) is 1. The zero-order chi connectivity index (χ0) is 22.7. The third kappa shape index (κ3) is 4.56. The molecule has 4 heterocycles. The smallest absolute Gasteiger partial charge is 0.272 e. The van der Waals surface area contributed by atoms with E-state index in [-0.39, 0.29) is 23.2 Å². The van der Waals surface area contributed by atoms with Crippen molar-refractivity contribution in [2.75, 3.05) is 20.2 Å². The lowest BCUT2D eigenvalue weighted by atomic mass is 9.90. The Bertz CT molecular complexity index is 1170.